The Labute approximate surface area is 222 Å². The lowest BCUT2D eigenvalue weighted by Crippen LogP contribution is -2.44. The monoisotopic (exact) mass is 513 g/mol. The van der Waals surface area contributed by atoms with Crippen LogP contribution in [0.5, 0.6) is 0 Å². The number of allylic oxidation sites excluding steroid dienone is 4. The lowest BCUT2D eigenvalue weighted by atomic mass is 9.91. The Hall–Kier alpha value is -3.85. The van der Waals surface area contributed by atoms with Gasteiger partial charge in [0, 0.05) is 49.7 Å². The van der Waals surface area contributed by atoms with Crippen LogP contribution in [0.25, 0.3) is 11.0 Å². The summed E-state index contributed by atoms with van der Waals surface area (Å²) in [6.45, 7) is 11.4. The third-order valence-corrected chi connectivity index (χ3v) is 7.89. The van der Waals surface area contributed by atoms with Crippen LogP contribution in [0, 0.1) is 5.92 Å². The molecule has 6 rings (SSSR count). The fraction of sp³-hybridized carbons (Fsp3) is 0.414. The third kappa shape index (κ3) is 4.41. The molecule has 2 aliphatic heterocycles. The zero-order chi connectivity index (χ0) is 26.2. The molecule has 2 saturated heterocycles. The molecule has 2 aromatic heterocycles. The second-order valence-electron chi connectivity index (χ2n) is 10.3. The minimum absolute atomic E-state index is 0.0414. The molecule has 3 aromatic rings. The summed E-state index contributed by atoms with van der Waals surface area (Å²) < 4.78 is 9.64. The highest BCUT2D eigenvalue weighted by Crippen LogP contribution is 2.38. The van der Waals surface area contributed by atoms with Crippen molar-refractivity contribution in [2.75, 3.05) is 50.1 Å². The van der Waals surface area contributed by atoms with Crippen LogP contribution < -0.4 is 15.8 Å². The molecule has 0 amide bonds. The number of nitrogens with zero attached hydrogens (tertiary/aromatic N) is 6. The Morgan fingerprint density at radius 2 is 1.97 bits per heavy atom. The van der Waals surface area contributed by atoms with E-state index < -0.39 is 0 Å². The van der Waals surface area contributed by atoms with E-state index in [1.54, 1.807) is 17.0 Å². The summed E-state index contributed by atoms with van der Waals surface area (Å²) in [4.78, 5) is 27.4. The van der Waals surface area contributed by atoms with Gasteiger partial charge in [0.05, 0.1) is 19.2 Å². The first-order valence-electron chi connectivity index (χ1n) is 13.5. The zero-order valence-electron chi connectivity index (χ0n) is 22.1. The van der Waals surface area contributed by atoms with Gasteiger partial charge in [-0.15, -0.1) is 6.58 Å². The molecule has 0 radical (unpaired) electrons. The zero-order valence-corrected chi connectivity index (χ0v) is 22.1. The molecule has 0 saturated carbocycles. The van der Waals surface area contributed by atoms with Crippen molar-refractivity contribution in [3.63, 3.8) is 0 Å². The van der Waals surface area contributed by atoms with Gasteiger partial charge < -0.3 is 19.9 Å². The van der Waals surface area contributed by atoms with E-state index in [9.17, 15) is 4.79 Å². The van der Waals surface area contributed by atoms with E-state index >= 15 is 0 Å². The Balaban J connectivity index is 1.31. The maximum Gasteiger partial charge on any atom is 0.278 e. The number of nitrogens with one attached hydrogen (secondary N) is 1. The van der Waals surface area contributed by atoms with Crippen molar-refractivity contribution in [2.24, 2.45) is 5.92 Å². The van der Waals surface area contributed by atoms with Crippen LogP contribution in [0.15, 0.2) is 71.4 Å². The van der Waals surface area contributed by atoms with Crippen LogP contribution in [0.2, 0.25) is 0 Å². The van der Waals surface area contributed by atoms with Crippen LogP contribution in [-0.4, -0.2) is 64.1 Å². The molecule has 2 fully saturated rings. The smallest absolute Gasteiger partial charge is 0.278 e. The van der Waals surface area contributed by atoms with E-state index in [1.807, 2.05) is 4.68 Å². The number of anilines is 3. The second kappa shape index (κ2) is 10.1. The number of piperazine rings is 1. The van der Waals surface area contributed by atoms with Crippen LogP contribution in [0.1, 0.15) is 25.8 Å². The molecule has 2 atom stereocenters. The Kier molecular flexibility index (Phi) is 6.53. The Morgan fingerprint density at radius 3 is 2.71 bits per heavy atom. The molecule has 0 spiro atoms. The molecule has 38 heavy (non-hydrogen) atoms. The van der Waals surface area contributed by atoms with E-state index in [0.29, 0.717) is 29.4 Å². The highest BCUT2D eigenvalue weighted by molar-refractivity contribution is 5.76. The van der Waals surface area contributed by atoms with Gasteiger partial charge in [-0.25, -0.2) is 9.67 Å². The van der Waals surface area contributed by atoms with Crippen molar-refractivity contribution < 1.29 is 4.74 Å². The number of fused-ring (bicyclic) bond motifs is 2. The van der Waals surface area contributed by atoms with Gasteiger partial charge in [0.2, 0.25) is 5.95 Å². The standard InChI is InChI=1S/C29H35N7O2/c1-4-12-35-28(37)25-18-30-29(31-21-6-8-22(9-7-21)34-15-13-33(3)14-16-34)32-27(25)36(35)23-10-11-26-24(17-23)20(5-2)19-38-26/h4,6-9,11,17-18,20,23H,1,5,10,12-16,19H2,2-3H3,(H,30,31,32). The molecule has 1 aliphatic carbocycles. The number of benzene rings is 1. The van der Waals surface area contributed by atoms with Crippen LogP contribution >= 0.6 is 0 Å². The van der Waals surface area contributed by atoms with E-state index in [1.165, 1.54) is 11.3 Å². The maximum atomic E-state index is 13.3. The molecule has 198 valence electrons. The minimum atomic E-state index is -0.106. The average molecular weight is 514 g/mol. The molecule has 2 unspecified atom stereocenters. The normalized spacial score (nSPS) is 21.6. The van der Waals surface area contributed by atoms with Crippen molar-refractivity contribution in [2.45, 2.75) is 32.4 Å². The predicted octanol–water partition coefficient (Wildman–Crippen LogP) is 4.09. The van der Waals surface area contributed by atoms with Gasteiger partial charge in [-0.3, -0.25) is 9.48 Å². The number of likely N-dealkylation sites (N-methyl/N-ethyl adjacent to an activating group) is 1. The summed E-state index contributed by atoms with van der Waals surface area (Å²) in [5, 5.41) is 3.84. The third-order valence-electron chi connectivity index (χ3n) is 7.89. The highest BCUT2D eigenvalue weighted by atomic mass is 16.5. The summed E-state index contributed by atoms with van der Waals surface area (Å²) in [7, 11) is 2.16. The van der Waals surface area contributed by atoms with Gasteiger partial charge in [0.1, 0.15) is 11.1 Å². The van der Waals surface area contributed by atoms with Gasteiger partial charge in [-0.2, -0.15) is 4.98 Å². The number of rotatable bonds is 7. The fourth-order valence-corrected chi connectivity index (χ4v) is 5.66. The number of aromatic nitrogens is 4. The predicted molar refractivity (Wildman–Crippen MR) is 151 cm³/mol. The van der Waals surface area contributed by atoms with E-state index in [0.717, 1.165) is 57.1 Å². The van der Waals surface area contributed by atoms with E-state index in [2.05, 4.69) is 77.1 Å². The summed E-state index contributed by atoms with van der Waals surface area (Å²) in [6, 6.07) is 8.34. The van der Waals surface area contributed by atoms with Gasteiger partial charge in [0.25, 0.3) is 5.56 Å². The van der Waals surface area contributed by atoms with Gasteiger partial charge >= 0.3 is 0 Å². The van der Waals surface area contributed by atoms with Gasteiger partial charge in [-0.1, -0.05) is 19.1 Å². The van der Waals surface area contributed by atoms with Crippen molar-refractivity contribution in [1.82, 2.24) is 24.2 Å². The molecule has 1 N–H and O–H groups in total. The second-order valence-corrected chi connectivity index (χ2v) is 10.3. The van der Waals surface area contributed by atoms with Crippen molar-refractivity contribution in [3.05, 3.63) is 77.0 Å². The summed E-state index contributed by atoms with van der Waals surface area (Å²) in [5.41, 5.74) is 3.87. The van der Waals surface area contributed by atoms with Crippen LogP contribution in [-0.2, 0) is 11.3 Å². The summed E-state index contributed by atoms with van der Waals surface area (Å²) in [5.74, 6) is 1.83. The topological polar surface area (TPSA) is 80.5 Å². The largest absolute Gasteiger partial charge is 0.493 e. The highest BCUT2D eigenvalue weighted by Gasteiger charge is 2.31. The molecule has 9 heteroatoms. The molecular formula is C29H35N7O2. The van der Waals surface area contributed by atoms with Gasteiger partial charge in [-0.05, 0) is 55.8 Å². The molecule has 9 nitrogen and oxygen atoms in total. The molecule has 4 heterocycles. The quantitative estimate of drug-likeness (QED) is 0.477. The first kappa shape index (κ1) is 24.5. The first-order chi connectivity index (χ1) is 18.6. The average Bonchev–Trinajstić information content (AvgIpc) is 3.47. The van der Waals surface area contributed by atoms with E-state index in [-0.39, 0.29) is 11.6 Å². The van der Waals surface area contributed by atoms with Crippen molar-refractivity contribution >= 4 is 28.4 Å². The van der Waals surface area contributed by atoms with Crippen LogP contribution in [0.4, 0.5) is 17.3 Å². The van der Waals surface area contributed by atoms with E-state index in [4.69, 9.17) is 9.72 Å². The summed E-state index contributed by atoms with van der Waals surface area (Å²) in [6.07, 6.45) is 9.53. The van der Waals surface area contributed by atoms with Crippen molar-refractivity contribution in [3.8, 4) is 0 Å². The maximum absolute atomic E-state index is 13.3. The number of hydrogen-bond donors (Lipinski definition) is 1. The van der Waals surface area contributed by atoms with Crippen LogP contribution in [0.3, 0.4) is 0 Å². The molecular weight excluding hydrogens is 478 g/mol. The van der Waals surface area contributed by atoms with Gasteiger partial charge in [0.15, 0.2) is 5.65 Å². The molecule has 1 aromatic carbocycles. The lowest BCUT2D eigenvalue weighted by Gasteiger charge is -2.34. The minimum Gasteiger partial charge on any atom is -0.493 e. The Bertz CT molecular complexity index is 1460. The SMILES string of the molecule is C=CCn1c(=O)c2cnc(Nc3ccc(N4CCN(C)CC4)cc3)nc2n1C1C=C2C(=CC1)OCC2CC. The lowest BCUT2D eigenvalue weighted by molar-refractivity contribution is 0.237. The summed E-state index contributed by atoms with van der Waals surface area (Å²) >= 11 is 0. The fourth-order valence-electron chi connectivity index (χ4n) is 5.66. The molecule has 3 aliphatic rings. The first-order valence-corrected chi connectivity index (χ1v) is 13.5. The Morgan fingerprint density at radius 1 is 1.18 bits per heavy atom. The number of hydrogen-bond acceptors (Lipinski definition) is 7. The molecule has 0 bridgehead atoms. The number of ether oxygens (including phenoxy) is 1. The van der Waals surface area contributed by atoms with Crippen molar-refractivity contribution in [1.29, 1.82) is 0 Å².